The van der Waals surface area contributed by atoms with Gasteiger partial charge in [0.15, 0.2) is 17.1 Å². The molecule has 0 unspecified atom stereocenters. The van der Waals surface area contributed by atoms with E-state index in [2.05, 4.69) is 39.4 Å². The lowest BCUT2D eigenvalue weighted by Gasteiger charge is -2.26. The van der Waals surface area contributed by atoms with Crippen LogP contribution in [0.25, 0.3) is 0 Å². The van der Waals surface area contributed by atoms with E-state index in [0.717, 1.165) is 11.8 Å². The fraction of sp³-hybridized carbons (Fsp3) is 0.333. The molecule has 0 amide bonds. The average Bonchev–Trinajstić information content (AvgIpc) is 3.30. The van der Waals surface area contributed by atoms with Crippen LogP contribution in [0.3, 0.4) is 0 Å². The normalized spacial score (nSPS) is 16.4. The number of alkyl halides is 3. The molecule has 0 saturated heterocycles. The Balaban J connectivity index is 1.82. The first kappa shape index (κ1) is 29.2. The van der Waals surface area contributed by atoms with Crippen molar-refractivity contribution in [3.63, 3.8) is 0 Å². The molecule has 208 valence electrons. The number of benzene rings is 1. The molecule has 1 aromatic carbocycles. The van der Waals surface area contributed by atoms with Gasteiger partial charge in [0.1, 0.15) is 18.6 Å². The molecular formula is C27H31F4N7O. The number of anilines is 1. The van der Waals surface area contributed by atoms with Gasteiger partial charge in [-0.3, -0.25) is 0 Å². The SMILES string of the molecule is C=C[C@@H](C/C(=C\CC(F)(F)F)N1C=C(C)NC1)NC1=NCNC(Oc2ccc(NC(=C)C)c(C)c2F)=C1C#N. The Kier molecular flexibility index (Phi) is 9.29. The molecule has 2 aliphatic heterocycles. The highest BCUT2D eigenvalue weighted by atomic mass is 19.4. The molecule has 2 heterocycles. The summed E-state index contributed by atoms with van der Waals surface area (Å²) in [6, 6.07) is 4.50. The second-order valence-corrected chi connectivity index (χ2v) is 9.04. The van der Waals surface area contributed by atoms with Crippen molar-refractivity contribution >= 4 is 11.5 Å². The Morgan fingerprint density at radius 3 is 2.67 bits per heavy atom. The van der Waals surface area contributed by atoms with Crippen LogP contribution in [-0.2, 0) is 0 Å². The van der Waals surface area contributed by atoms with Crippen LogP contribution in [0.1, 0.15) is 32.3 Å². The number of hydrogen-bond acceptors (Lipinski definition) is 8. The fourth-order valence-electron chi connectivity index (χ4n) is 3.85. The average molecular weight is 546 g/mol. The first-order valence-corrected chi connectivity index (χ1v) is 12.1. The molecule has 39 heavy (non-hydrogen) atoms. The Bertz CT molecular complexity index is 1290. The highest BCUT2D eigenvalue weighted by molar-refractivity contribution is 6.03. The lowest BCUT2D eigenvalue weighted by Crippen LogP contribution is -2.40. The Hall–Kier alpha value is -4.40. The van der Waals surface area contributed by atoms with E-state index in [1.54, 1.807) is 31.0 Å². The first-order valence-electron chi connectivity index (χ1n) is 12.1. The first-order chi connectivity index (χ1) is 18.4. The van der Waals surface area contributed by atoms with Crippen LogP contribution >= 0.6 is 0 Å². The van der Waals surface area contributed by atoms with Crippen molar-refractivity contribution in [1.82, 2.24) is 20.9 Å². The third kappa shape index (κ3) is 7.80. The Morgan fingerprint density at radius 1 is 1.33 bits per heavy atom. The minimum absolute atomic E-state index is 0.00754. The van der Waals surface area contributed by atoms with Gasteiger partial charge in [0.05, 0.1) is 19.1 Å². The molecule has 12 heteroatoms. The van der Waals surface area contributed by atoms with E-state index >= 15 is 4.39 Å². The molecule has 0 saturated carbocycles. The van der Waals surface area contributed by atoms with Crippen molar-refractivity contribution in [3.8, 4) is 11.8 Å². The third-order valence-corrected chi connectivity index (χ3v) is 5.81. The lowest BCUT2D eigenvalue weighted by atomic mass is 10.1. The van der Waals surface area contributed by atoms with E-state index in [9.17, 15) is 18.4 Å². The molecule has 0 fully saturated rings. The molecule has 1 atom stereocenters. The van der Waals surface area contributed by atoms with E-state index in [1.165, 1.54) is 12.1 Å². The largest absolute Gasteiger partial charge is 0.437 e. The summed E-state index contributed by atoms with van der Waals surface area (Å²) in [5.74, 6) is -0.574. The summed E-state index contributed by atoms with van der Waals surface area (Å²) in [7, 11) is 0. The molecule has 0 radical (unpaired) electrons. The van der Waals surface area contributed by atoms with Crippen LogP contribution in [0.5, 0.6) is 5.75 Å². The molecule has 1 aromatic rings. The summed E-state index contributed by atoms with van der Waals surface area (Å²) in [6.45, 7) is 13.0. The van der Waals surface area contributed by atoms with Crippen molar-refractivity contribution in [2.75, 3.05) is 18.7 Å². The maximum Gasteiger partial charge on any atom is 0.392 e. The van der Waals surface area contributed by atoms with E-state index in [4.69, 9.17) is 4.74 Å². The van der Waals surface area contributed by atoms with Gasteiger partial charge in [-0.15, -0.1) is 6.58 Å². The standard InChI is InChI=1S/C27H31F4N7O/c1-6-19(11-20(9-10-27(29,30)31)38-13-17(4)35-15-38)37-25-21(12-32)26(34-14-33-25)39-23-8-7-22(36-16(2)3)18(5)24(23)28/h6-9,13,19,34-36H,1-2,10-11,14-15H2,3-5H3,(H,33,37)/b20-9+/t19-/m0/s1. The van der Waals surface area contributed by atoms with Crippen molar-refractivity contribution in [2.45, 2.75) is 45.8 Å². The molecule has 0 aliphatic carbocycles. The maximum atomic E-state index is 15.0. The number of rotatable bonds is 10. The van der Waals surface area contributed by atoms with Gasteiger partial charge in [0.2, 0.25) is 5.88 Å². The van der Waals surface area contributed by atoms with E-state index < -0.39 is 24.5 Å². The molecule has 0 aromatic heterocycles. The Morgan fingerprint density at radius 2 is 2.08 bits per heavy atom. The quantitative estimate of drug-likeness (QED) is 0.236. The zero-order valence-electron chi connectivity index (χ0n) is 22.0. The maximum absolute atomic E-state index is 15.0. The van der Waals surface area contributed by atoms with Crippen LogP contribution in [0.2, 0.25) is 0 Å². The predicted molar refractivity (Wildman–Crippen MR) is 142 cm³/mol. The molecule has 4 N–H and O–H groups in total. The van der Waals surface area contributed by atoms with Gasteiger partial charge in [0, 0.05) is 41.0 Å². The number of amidine groups is 1. The minimum atomic E-state index is -4.36. The van der Waals surface area contributed by atoms with Gasteiger partial charge in [0.25, 0.3) is 0 Å². The summed E-state index contributed by atoms with van der Waals surface area (Å²) in [4.78, 5) is 5.98. The van der Waals surface area contributed by atoms with Gasteiger partial charge in [-0.05, 0) is 32.9 Å². The zero-order chi connectivity index (χ0) is 28.7. The number of nitriles is 1. The Labute approximate surface area is 225 Å². The molecule has 3 rings (SSSR count). The monoisotopic (exact) mass is 545 g/mol. The molecule has 8 nitrogen and oxygen atoms in total. The van der Waals surface area contributed by atoms with Gasteiger partial charge >= 0.3 is 6.18 Å². The van der Waals surface area contributed by atoms with E-state index in [0.29, 0.717) is 29.3 Å². The van der Waals surface area contributed by atoms with Gasteiger partial charge in [-0.2, -0.15) is 18.4 Å². The lowest BCUT2D eigenvalue weighted by molar-refractivity contribution is -0.125. The number of halogens is 4. The highest BCUT2D eigenvalue weighted by Crippen LogP contribution is 2.29. The van der Waals surface area contributed by atoms with Gasteiger partial charge < -0.3 is 30.9 Å². The summed E-state index contributed by atoms with van der Waals surface area (Å²) in [5.41, 5.74) is 2.70. The van der Waals surface area contributed by atoms with E-state index in [1.807, 2.05) is 13.0 Å². The topological polar surface area (TPSA) is 96.7 Å². The molecule has 0 spiro atoms. The van der Waals surface area contributed by atoms with Crippen molar-refractivity contribution < 1.29 is 22.3 Å². The van der Waals surface area contributed by atoms with Crippen molar-refractivity contribution in [1.29, 1.82) is 5.26 Å². The number of hydrogen-bond donors (Lipinski definition) is 4. The summed E-state index contributed by atoms with van der Waals surface area (Å²) in [5, 5.41) is 21.8. The summed E-state index contributed by atoms with van der Waals surface area (Å²) < 4.78 is 59.7. The minimum Gasteiger partial charge on any atom is -0.437 e. The second-order valence-electron chi connectivity index (χ2n) is 9.04. The number of nitrogens with zero attached hydrogens (tertiary/aromatic N) is 3. The summed E-state index contributed by atoms with van der Waals surface area (Å²) >= 11 is 0. The molecular weight excluding hydrogens is 514 g/mol. The number of ether oxygens (including phenoxy) is 1. The van der Waals surface area contributed by atoms with Crippen LogP contribution in [0, 0.1) is 24.1 Å². The van der Waals surface area contributed by atoms with Crippen LogP contribution in [0.15, 0.2) is 77.2 Å². The highest BCUT2D eigenvalue weighted by Gasteiger charge is 2.28. The van der Waals surface area contributed by atoms with Crippen LogP contribution in [0.4, 0.5) is 23.2 Å². The third-order valence-electron chi connectivity index (χ3n) is 5.81. The van der Waals surface area contributed by atoms with Gasteiger partial charge in [-0.25, -0.2) is 9.38 Å². The number of aliphatic imine (C=N–C) groups is 1. The van der Waals surface area contributed by atoms with E-state index in [-0.39, 0.29) is 36.1 Å². The smallest absolute Gasteiger partial charge is 0.392 e. The van der Waals surface area contributed by atoms with Crippen LogP contribution in [-0.4, -0.2) is 36.3 Å². The fourth-order valence-corrected chi connectivity index (χ4v) is 3.85. The number of allylic oxidation sites excluding steroid dienone is 3. The van der Waals surface area contributed by atoms with Crippen molar-refractivity contribution in [2.24, 2.45) is 4.99 Å². The zero-order valence-corrected chi connectivity index (χ0v) is 22.0. The predicted octanol–water partition coefficient (Wildman–Crippen LogP) is 5.25. The number of nitrogens with one attached hydrogen (secondary N) is 4. The summed E-state index contributed by atoms with van der Waals surface area (Å²) in [6.07, 6.45) is -0.928. The second kappa shape index (κ2) is 12.4. The molecule has 0 bridgehead atoms. The molecule has 2 aliphatic rings. The van der Waals surface area contributed by atoms with Gasteiger partial charge in [-0.1, -0.05) is 18.7 Å². The van der Waals surface area contributed by atoms with Crippen molar-refractivity contribution in [3.05, 3.63) is 83.6 Å². The van der Waals surface area contributed by atoms with Crippen LogP contribution < -0.4 is 26.0 Å².